The molecule has 0 saturated carbocycles. The Hall–Kier alpha value is -2.30. The van der Waals surface area contributed by atoms with Gasteiger partial charge in [0, 0.05) is 18.9 Å². The quantitative estimate of drug-likeness (QED) is 0.869. The molecule has 1 N–H and O–H groups in total. The van der Waals surface area contributed by atoms with Gasteiger partial charge in [-0.3, -0.25) is 4.79 Å². The maximum Gasteiger partial charge on any atom is 0.175 e. The van der Waals surface area contributed by atoms with Crippen LogP contribution in [0.1, 0.15) is 10.4 Å². The van der Waals surface area contributed by atoms with Crippen molar-refractivity contribution < 1.29 is 14.6 Å². The molecular weight excluding hydrogens is 232 g/mol. The molecule has 1 unspecified atom stereocenters. The van der Waals surface area contributed by atoms with E-state index in [9.17, 15) is 9.90 Å². The second kappa shape index (κ2) is 4.18. The molecule has 3 rings (SSSR count). The number of Topliss-reactive ketones (excluding diaryl/α,β-unsaturated/α-hetero) is 1. The summed E-state index contributed by atoms with van der Waals surface area (Å²) in [6.07, 6.45) is 5.16. The Morgan fingerprint density at radius 2 is 2.39 bits per heavy atom. The van der Waals surface area contributed by atoms with Crippen molar-refractivity contribution in [2.24, 2.45) is 5.92 Å². The number of aromatic nitrogens is 2. The number of aromatic hydroxyl groups is 1. The van der Waals surface area contributed by atoms with E-state index in [2.05, 4.69) is 4.98 Å². The van der Waals surface area contributed by atoms with Crippen molar-refractivity contribution in [2.45, 2.75) is 6.54 Å². The predicted octanol–water partition coefficient (Wildman–Crippen LogP) is 1.48. The molecule has 1 aromatic carbocycles. The molecule has 1 aliphatic heterocycles. The van der Waals surface area contributed by atoms with Gasteiger partial charge in [0.25, 0.3) is 0 Å². The largest absolute Gasteiger partial charge is 0.508 e. The number of rotatable bonds is 2. The van der Waals surface area contributed by atoms with E-state index in [4.69, 9.17) is 4.74 Å². The van der Waals surface area contributed by atoms with Gasteiger partial charge in [0.2, 0.25) is 0 Å². The van der Waals surface area contributed by atoms with Crippen molar-refractivity contribution in [1.82, 2.24) is 9.55 Å². The van der Waals surface area contributed by atoms with E-state index >= 15 is 0 Å². The van der Waals surface area contributed by atoms with Crippen molar-refractivity contribution >= 4 is 5.78 Å². The van der Waals surface area contributed by atoms with Gasteiger partial charge < -0.3 is 14.4 Å². The third-order valence-electron chi connectivity index (χ3n) is 3.03. The number of benzene rings is 1. The van der Waals surface area contributed by atoms with Crippen LogP contribution in [0.3, 0.4) is 0 Å². The van der Waals surface area contributed by atoms with Crippen molar-refractivity contribution in [3.05, 3.63) is 42.5 Å². The van der Waals surface area contributed by atoms with Crippen LogP contribution in [-0.4, -0.2) is 27.0 Å². The van der Waals surface area contributed by atoms with Crippen molar-refractivity contribution in [3.8, 4) is 11.5 Å². The first kappa shape index (κ1) is 10.8. The molecule has 92 valence electrons. The highest BCUT2D eigenvalue weighted by atomic mass is 16.5. The molecule has 0 fully saturated rings. The van der Waals surface area contributed by atoms with Gasteiger partial charge in [0.05, 0.1) is 17.8 Å². The van der Waals surface area contributed by atoms with Gasteiger partial charge >= 0.3 is 0 Å². The minimum Gasteiger partial charge on any atom is -0.508 e. The Morgan fingerprint density at radius 1 is 1.50 bits per heavy atom. The summed E-state index contributed by atoms with van der Waals surface area (Å²) in [7, 11) is 0. The highest BCUT2D eigenvalue weighted by Gasteiger charge is 2.29. The second-order valence-electron chi connectivity index (χ2n) is 4.31. The molecule has 1 aromatic heterocycles. The van der Waals surface area contributed by atoms with Gasteiger partial charge in [-0.25, -0.2) is 4.98 Å². The summed E-state index contributed by atoms with van der Waals surface area (Å²) in [6.45, 7) is 0.892. The molecule has 1 aliphatic rings. The molecule has 1 atom stereocenters. The molecule has 0 spiro atoms. The number of carbonyl (C=O) groups is 1. The van der Waals surface area contributed by atoms with Crippen LogP contribution in [0.5, 0.6) is 11.5 Å². The third-order valence-corrected chi connectivity index (χ3v) is 3.03. The molecule has 0 saturated heterocycles. The molecule has 2 aromatic rings. The standard InChI is InChI=1S/C13H12N2O3/c16-10-1-2-12-11(5-10)13(17)9(7-18-12)6-15-4-3-14-8-15/h1-5,8-9,16H,6-7H2. The normalized spacial score (nSPS) is 18.2. The lowest BCUT2D eigenvalue weighted by Crippen LogP contribution is -2.31. The molecular formula is C13H12N2O3. The number of ketones is 1. The van der Waals surface area contributed by atoms with Crippen LogP contribution < -0.4 is 4.74 Å². The number of phenolic OH excluding ortho intramolecular Hbond substituents is 1. The van der Waals surface area contributed by atoms with Crippen LogP contribution in [-0.2, 0) is 6.54 Å². The number of ether oxygens (including phenoxy) is 1. The zero-order chi connectivity index (χ0) is 12.5. The Labute approximate surface area is 104 Å². The minimum atomic E-state index is -0.242. The van der Waals surface area contributed by atoms with Crippen LogP contribution >= 0.6 is 0 Å². The highest BCUT2D eigenvalue weighted by Crippen LogP contribution is 2.30. The van der Waals surface area contributed by atoms with E-state index in [1.807, 2.05) is 10.8 Å². The van der Waals surface area contributed by atoms with Crippen LogP contribution in [0.4, 0.5) is 0 Å². The number of fused-ring (bicyclic) bond motifs is 1. The van der Waals surface area contributed by atoms with E-state index in [0.29, 0.717) is 24.5 Å². The van der Waals surface area contributed by atoms with E-state index in [-0.39, 0.29) is 17.5 Å². The maximum atomic E-state index is 12.3. The van der Waals surface area contributed by atoms with Crippen LogP contribution in [0, 0.1) is 5.92 Å². The highest BCUT2D eigenvalue weighted by molar-refractivity contribution is 6.01. The zero-order valence-electron chi connectivity index (χ0n) is 9.61. The number of hydrogen-bond donors (Lipinski definition) is 1. The average Bonchev–Trinajstić information content (AvgIpc) is 2.86. The lowest BCUT2D eigenvalue weighted by atomic mass is 9.95. The predicted molar refractivity (Wildman–Crippen MR) is 63.6 cm³/mol. The number of phenols is 1. The summed E-state index contributed by atoms with van der Waals surface area (Å²) < 4.78 is 7.39. The topological polar surface area (TPSA) is 64.3 Å². The van der Waals surface area contributed by atoms with E-state index < -0.39 is 0 Å². The third kappa shape index (κ3) is 1.84. The first-order chi connectivity index (χ1) is 8.74. The van der Waals surface area contributed by atoms with Gasteiger partial charge in [0.15, 0.2) is 5.78 Å². The molecule has 2 heterocycles. The summed E-state index contributed by atoms with van der Waals surface area (Å²) in [6, 6.07) is 4.59. The summed E-state index contributed by atoms with van der Waals surface area (Å²) in [5.74, 6) is 0.378. The molecule has 0 bridgehead atoms. The Morgan fingerprint density at radius 3 is 3.17 bits per heavy atom. The molecule has 5 nitrogen and oxygen atoms in total. The van der Waals surface area contributed by atoms with Gasteiger partial charge in [-0.2, -0.15) is 0 Å². The zero-order valence-corrected chi connectivity index (χ0v) is 9.61. The molecule has 0 amide bonds. The summed E-state index contributed by atoms with van der Waals surface area (Å²) in [5.41, 5.74) is 0.450. The van der Waals surface area contributed by atoms with Crippen molar-refractivity contribution in [3.63, 3.8) is 0 Å². The average molecular weight is 244 g/mol. The fraction of sp³-hybridized carbons (Fsp3) is 0.231. The first-order valence-corrected chi connectivity index (χ1v) is 5.70. The van der Waals surface area contributed by atoms with E-state index in [0.717, 1.165) is 0 Å². The number of imidazole rings is 1. The lowest BCUT2D eigenvalue weighted by Gasteiger charge is -2.24. The lowest BCUT2D eigenvalue weighted by molar-refractivity contribution is 0.0809. The Balaban J connectivity index is 1.87. The Kier molecular flexibility index (Phi) is 2.51. The summed E-state index contributed by atoms with van der Waals surface area (Å²) in [5, 5.41) is 9.43. The number of carbonyl (C=O) groups excluding carboxylic acids is 1. The summed E-state index contributed by atoms with van der Waals surface area (Å²) >= 11 is 0. The van der Waals surface area contributed by atoms with E-state index in [1.54, 1.807) is 18.6 Å². The fourth-order valence-corrected chi connectivity index (χ4v) is 2.11. The van der Waals surface area contributed by atoms with E-state index in [1.165, 1.54) is 12.1 Å². The van der Waals surface area contributed by atoms with Crippen molar-refractivity contribution in [2.75, 3.05) is 6.61 Å². The SMILES string of the molecule is O=C1c2cc(O)ccc2OCC1Cn1ccnc1. The Bertz CT molecular complexity index is 578. The second-order valence-corrected chi connectivity index (χ2v) is 4.31. The fourth-order valence-electron chi connectivity index (χ4n) is 2.11. The number of nitrogens with zero attached hydrogens (tertiary/aromatic N) is 2. The number of hydrogen-bond acceptors (Lipinski definition) is 4. The molecule has 5 heteroatoms. The smallest absolute Gasteiger partial charge is 0.175 e. The van der Waals surface area contributed by atoms with Crippen molar-refractivity contribution in [1.29, 1.82) is 0 Å². The molecule has 0 radical (unpaired) electrons. The van der Waals surface area contributed by atoms with Gasteiger partial charge in [0.1, 0.15) is 18.1 Å². The van der Waals surface area contributed by atoms with Gasteiger partial charge in [-0.1, -0.05) is 0 Å². The van der Waals surface area contributed by atoms with Crippen LogP contribution in [0.25, 0.3) is 0 Å². The molecule has 0 aliphatic carbocycles. The maximum absolute atomic E-state index is 12.3. The monoisotopic (exact) mass is 244 g/mol. The van der Waals surface area contributed by atoms with Crippen LogP contribution in [0.2, 0.25) is 0 Å². The minimum absolute atomic E-state index is 0.000787. The first-order valence-electron chi connectivity index (χ1n) is 5.70. The molecule has 18 heavy (non-hydrogen) atoms. The van der Waals surface area contributed by atoms with Gasteiger partial charge in [-0.15, -0.1) is 0 Å². The van der Waals surface area contributed by atoms with Crippen LogP contribution in [0.15, 0.2) is 36.9 Å². The summed E-state index contributed by atoms with van der Waals surface area (Å²) in [4.78, 5) is 16.2. The van der Waals surface area contributed by atoms with Gasteiger partial charge in [-0.05, 0) is 18.2 Å².